The molecule has 13 heavy (non-hydrogen) atoms. The molecule has 0 aliphatic rings. The quantitative estimate of drug-likeness (QED) is 0.799. The average Bonchev–Trinajstić information content (AvgIpc) is 1.96. The summed E-state index contributed by atoms with van der Waals surface area (Å²) in [6, 6.07) is 3.69. The van der Waals surface area contributed by atoms with Gasteiger partial charge in [-0.3, -0.25) is 0 Å². The Balaban J connectivity index is 0.00000144. The van der Waals surface area contributed by atoms with E-state index in [2.05, 4.69) is 0 Å². The SMILES string of the molecule is Cc1cc(C)c(C)c(C(=O)O)c1.[Cd]. The second kappa shape index (κ2) is 4.74. The van der Waals surface area contributed by atoms with Crippen LogP contribution in [-0.4, -0.2) is 11.1 Å². The van der Waals surface area contributed by atoms with Crippen molar-refractivity contribution in [1.82, 2.24) is 0 Å². The van der Waals surface area contributed by atoms with Crippen LogP contribution < -0.4 is 0 Å². The number of benzene rings is 1. The van der Waals surface area contributed by atoms with Gasteiger partial charge in [-0.1, -0.05) is 6.07 Å². The fraction of sp³-hybridized carbons (Fsp3) is 0.300. The standard InChI is InChI=1S/C10H12O2.Cd/c1-6-4-7(2)8(3)9(5-6)10(11)12;/h4-5H,1-3H3,(H,11,12);. The van der Waals surface area contributed by atoms with Gasteiger partial charge in [0.25, 0.3) is 0 Å². The Bertz CT molecular complexity index is 332. The minimum absolute atomic E-state index is 0. The van der Waals surface area contributed by atoms with Crippen molar-refractivity contribution in [2.45, 2.75) is 20.8 Å². The van der Waals surface area contributed by atoms with E-state index in [0.717, 1.165) is 16.7 Å². The number of hydrogen-bond acceptors (Lipinski definition) is 1. The molecule has 0 saturated heterocycles. The second-order valence-electron chi connectivity index (χ2n) is 3.06. The zero-order chi connectivity index (χ0) is 9.30. The average molecular weight is 277 g/mol. The molecule has 0 bridgehead atoms. The smallest absolute Gasteiger partial charge is 0.335 e. The zero-order valence-electron chi connectivity index (χ0n) is 8.22. The van der Waals surface area contributed by atoms with Crippen LogP contribution in [0.4, 0.5) is 0 Å². The van der Waals surface area contributed by atoms with Gasteiger partial charge in [0.05, 0.1) is 5.56 Å². The summed E-state index contributed by atoms with van der Waals surface area (Å²) >= 11 is 0. The molecule has 0 radical (unpaired) electrons. The van der Waals surface area contributed by atoms with E-state index in [4.69, 9.17) is 5.11 Å². The Hall–Kier alpha value is -0.388. The fourth-order valence-corrected chi connectivity index (χ4v) is 1.26. The van der Waals surface area contributed by atoms with Crippen molar-refractivity contribution >= 4 is 5.97 Å². The van der Waals surface area contributed by atoms with Crippen LogP contribution in [0.25, 0.3) is 0 Å². The molecular weight excluding hydrogens is 265 g/mol. The van der Waals surface area contributed by atoms with Crippen molar-refractivity contribution in [3.05, 3.63) is 34.4 Å². The van der Waals surface area contributed by atoms with Gasteiger partial charge >= 0.3 is 5.97 Å². The molecule has 0 amide bonds. The fourth-order valence-electron chi connectivity index (χ4n) is 1.26. The van der Waals surface area contributed by atoms with E-state index in [-0.39, 0.29) is 27.3 Å². The van der Waals surface area contributed by atoms with Crippen molar-refractivity contribution in [2.75, 3.05) is 0 Å². The van der Waals surface area contributed by atoms with E-state index in [1.165, 1.54) is 0 Å². The van der Waals surface area contributed by atoms with E-state index >= 15 is 0 Å². The van der Waals surface area contributed by atoms with E-state index in [0.29, 0.717) is 5.56 Å². The van der Waals surface area contributed by atoms with Crippen molar-refractivity contribution in [3.8, 4) is 0 Å². The predicted octanol–water partition coefficient (Wildman–Crippen LogP) is 2.31. The van der Waals surface area contributed by atoms with Gasteiger partial charge in [-0.15, -0.1) is 0 Å². The van der Waals surface area contributed by atoms with Crippen LogP contribution in [0.15, 0.2) is 12.1 Å². The molecule has 1 aromatic rings. The molecule has 3 heteroatoms. The van der Waals surface area contributed by atoms with Gasteiger partial charge in [0.15, 0.2) is 0 Å². The molecule has 0 heterocycles. The Morgan fingerprint density at radius 2 is 1.77 bits per heavy atom. The largest absolute Gasteiger partial charge is 0.478 e. The normalized spacial score (nSPS) is 9.15. The van der Waals surface area contributed by atoms with E-state index in [9.17, 15) is 4.79 Å². The molecule has 1 N–H and O–H groups in total. The number of hydrogen-bond donors (Lipinski definition) is 1. The molecule has 66 valence electrons. The topological polar surface area (TPSA) is 37.3 Å². The van der Waals surface area contributed by atoms with Crippen molar-refractivity contribution in [3.63, 3.8) is 0 Å². The number of carbonyl (C=O) groups is 1. The van der Waals surface area contributed by atoms with Gasteiger partial charge < -0.3 is 5.11 Å². The summed E-state index contributed by atoms with van der Waals surface area (Å²) in [6.45, 7) is 5.66. The first-order valence-electron chi connectivity index (χ1n) is 3.83. The van der Waals surface area contributed by atoms with Crippen molar-refractivity contribution < 1.29 is 37.2 Å². The third-order valence-corrected chi connectivity index (χ3v) is 2.04. The third-order valence-electron chi connectivity index (χ3n) is 2.04. The molecular formula is C10H12CdO2. The van der Waals surface area contributed by atoms with Gasteiger partial charge in [0.1, 0.15) is 0 Å². The van der Waals surface area contributed by atoms with Gasteiger partial charge in [-0.2, -0.15) is 0 Å². The van der Waals surface area contributed by atoms with Crippen LogP contribution in [0, 0.1) is 20.8 Å². The molecule has 1 aromatic carbocycles. The summed E-state index contributed by atoms with van der Waals surface area (Å²) in [5.74, 6) is -0.848. The van der Waals surface area contributed by atoms with Crippen LogP contribution in [0.5, 0.6) is 0 Å². The molecule has 0 aromatic heterocycles. The minimum atomic E-state index is -0.848. The van der Waals surface area contributed by atoms with E-state index in [1.54, 1.807) is 6.07 Å². The van der Waals surface area contributed by atoms with Crippen molar-refractivity contribution in [1.29, 1.82) is 0 Å². The number of carboxylic acids is 1. The monoisotopic (exact) mass is 278 g/mol. The zero-order valence-corrected chi connectivity index (χ0v) is 12.3. The summed E-state index contributed by atoms with van der Waals surface area (Å²) in [6.07, 6.45) is 0. The first kappa shape index (κ1) is 12.6. The first-order chi connectivity index (χ1) is 5.52. The Morgan fingerprint density at radius 3 is 2.23 bits per heavy atom. The Labute approximate surface area is 98.1 Å². The summed E-state index contributed by atoms with van der Waals surface area (Å²) in [5, 5.41) is 8.81. The van der Waals surface area contributed by atoms with Crippen LogP contribution in [-0.2, 0) is 27.3 Å². The maximum atomic E-state index is 10.7. The van der Waals surface area contributed by atoms with Crippen LogP contribution in [0.2, 0.25) is 0 Å². The molecule has 0 fully saturated rings. The number of aromatic carboxylic acids is 1. The second-order valence-corrected chi connectivity index (χ2v) is 3.06. The van der Waals surface area contributed by atoms with E-state index < -0.39 is 5.97 Å². The van der Waals surface area contributed by atoms with Gasteiger partial charge in [0, 0.05) is 27.3 Å². The molecule has 0 saturated carbocycles. The first-order valence-corrected chi connectivity index (χ1v) is 3.83. The van der Waals surface area contributed by atoms with E-state index in [1.807, 2.05) is 26.8 Å². The Kier molecular flexibility index (Phi) is 4.60. The number of aryl methyl sites for hydroxylation is 2. The third kappa shape index (κ3) is 2.79. The maximum Gasteiger partial charge on any atom is 0.335 e. The Morgan fingerprint density at radius 1 is 1.23 bits per heavy atom. The van der Waals surface area contributed by atoms with Crippen LogP contribution in [0.3, 0.4) is 0 Å². The molecule has 2 nitrogen and oxygen atoms in total. The van der Waals surface area contributed by atoms with Gasteiger partial charge in [-0.05, 0) is 43.5 Å². The molecule has 0 aliphatic heterocycles. The predicted molar refractivity (Wildman–Crippen MR) is 47.6 cm³/mol. The summed E-state index contributed by atoms with van der Waals surface area (Å²) in [7, 11) is 0. The molecule has 0 atom stereocenters. The minimum Gasteiger partial charge on any atom is -0.478 e. The number of rotatable bonds is 1. The maximum absolute atomic E-state index is 10.7. The van der Waals surface area contributed by atoms with Gasteiger partial charge in [0.2, 0.25) is 0 Å². The van der Waals surface area contributed by atoms with Gasteiger partial charge in [-0.25, -0.2) is 4.79 Å². The molecule has 0 aliphatic carbocycles. The molecule has 1 rings (SSSR count). The summed E-state index contributed by atoms with van der Waals surface area (Å²) in [4.78, 5) is 10.7. The van der Waals surface area contributed by atoms with Crippen molar-refractivity contribution in [2.24, 2.45) is 0 Å². The number of carboxylic acid groups (broad SMARTS) is 1. The van der Waals surface area contributed by atoms with Crippen LogP contribution >= 0.6 is 0 Å². The molecule has 0 spiro atoms. The summed E-state index contributed by atoms with van der Waals surface area (Å²) < 4.78 is 0. The van der Waals surface area contributed by atoms with Crippen LogP contribution in [0.1, 0.15) is 27.0 Å². The summed E-state index contributed by atoms with van der Waals surface area (Å²) in [5.41, 5.74) is 3.29. The molecule has 0 unspecified atom stereocenters.